The number of nitrogens with zero attached hydrogens (tertiary/aromatic N) is 2. The molecule has 1 aliphatic rings. The molecule has 0 spiro atoms. The summed E-state index contributed by atoms with van der Waals surface area (Å²) in [5.74, 6) is -0.0456. The molecule has 1 rings (SSSR count). The van der Waals surface area contributed by atoms with Crippen LogP contribution in [0.4, 0.5) is 0 Å². The minimum absolute atomic E-state index is 0.0456. The summed E-state index contributed by atoms with van der Waals surface area (Å²) in [4.78, 5) is 17.0. The van der Waals surface area contributed by atoms with E-state index in [-0.39, 0.29) is 5.91 Å². The Morgan fingerprint density at radius 2 is 2.43 bits per heavy atom. The Balaban J connectivity index is 2.63. The lowest BCUT2D eigenvalue weighted by Gasteiger charge is -2.31. The van der Waals surface area contributed by atoms with E-state index in [1.165, 1.54) is 0 Å². The summed E-state index contributed by atoms with van der Waals surface area (Å²) in [6.45, 7) is 10.7. The van der Waals surface area contributed by atoms with E-state index in [0.29, 0.717) is 19.6 Å². The number of hydrogen-bond donors (Lipinski definition) is 0. The molecule has 14 heavy (non-hydrogen) atoms. The summed E-state index contributed by atoms with van der Waals surface area (Å²) in [6.07, 6.45) is 1.59. The fourth-order valence-corrected chi connectivity index (χ4v) is 1.68. The van der Waals surface area contributed by atoms with Crippen molar-refractivity contribution in [3.8, 4) is 0 Å². The molecule has 0 unspecified atom stereocenters. The van der Waals surface area contributed by atoms with Crippen LogP contribution >= 0.6 is 0 Å². The number of amides is 1. The van der Waals surface area contributed by atoms with E-state index in [0.717, 1.165) is 13.0 Å². The molecule has 1 atom stereocenters. The quantitative estimate of drug-likeness (QED) is 0.629. The number of carbonyl (C=O) groups is 1. The summed E-state index contributed by atoms with van der Waals surface area (Å²) in [5.41, 5.74) is -0.827. The molecule has 1 heterocycles. The van der Waals surface area contributed by atoms with Crippen molar-refractivity contribution in [1.82, 2.24) is 4.90 Å². The van der Waals surface area contributed by atoms with Crippen LogP contribution in [0.25, 0.3) is 4.85 Å². The molecule has 0 aromatic heterocycles. The maximum absolute atomic E-state index is 11.8. The maximum atomic E-state index is 11.8. The highest BCUT2D eigenvalue weighted by Gasteiger charge is 2.45. The van der Waals surface area contributed by atoms with Crippen LogP contribution in [0.1, 0.15) is 19.8 Å². The molecule has 0 aromatic carbocycles. The maximum Gasteiger partial charge on any atom is 0.308 e. The van der Waals surface area contributed by atoms with E-state index >= 15 is 0 Å². The third-order valence-electron chi connectivity index (χ3n) is 2.65. The summed E-state index contributed by atoms with van der Waals surface area (Å²) >= 11 is 0. The Kier molecular flexibility index (Phi) is 3.48. The number of ether oxygens (including phenoxy) is 1. The van der Waals surface area contributed by atoms with Crippen molar-refractivity contribution >= 4 is 5.91 Å². The minimum Gasteiger partial charge on any atom is -0.383 e. The van der Waals surface area contributed by atoms with Gasteiger partial charge in [-0.05, 0) is 6.42 Å². The van der Waals surface area contributed by atoms with Gasteiger partial charge in [0.25, 0.3) is 0 Å². The van der Waals surface area contributed by atoms with Crippen LogP contribution in [0, 0.1) is 6.57 Å². The lowest BCUT2D eigenvalue weighted by molar-refractivity contribution is -0.138. The Bertz CT molecular complexity index is 259. The SMILES string of the molecule is [C-]#[N+][C@@]1(C)CCCN(CCOC)C1=O. The number of likely N-dealkylation sites (tertiary alicyclic amines) is 1. The first-order valence-electron chi connectivity index (χ1n) is 4.81. The minimum atomic E-state index is -0.827. The number of rotatable bonds is 3. The van der Waals surface area contributed by atoms with Gasteiger partial charge in [0.05, 0.1) is 6.61 Å². The molecule has 0 N–H and O–H groups in total. The van der Waals surface area contributed by atoms with Crippen LogP contribution in [-0.4, -0.2) is 43.2 Å². The fourth-order valence-electron chi connectivity index (χ4n) is 1.68. The molecule has 4 nitrogen and oxygen atoms in total. The summed E-state index contributed by atoms with van der Waals surface area (Å²) in [5, 5.41) is 0. The van der Waals surface area contributed by atoms with Crippen LogP contribution in [-0.2, 0) is 9.53 Å². The molecule has 0 bridgehead atoms. The van der Waals surface area contributed by atoms with Crippen molar-refractivity contribution in [2.24, 2.45) is 0 Å². The topological polar surface area (TPSA) is 33.9 Å². The third kappa shape index (κ3) is 2.05. The van der Waals surface area contributed by atoms with E-state index < -0.39 is 5.54 Å². The zero-order valence-corrected chi connectivity index (χ0v) is 8.75. The molecule has 1 aliphatic heterocycles. The molecule has 1 fully saturated rings. The molecule has 78 valence electrons. The Morgan fingerprint density at radius 1 is 1.71 bits per heavy atom. The van der Waals surface area contributed by atoms with E-state index in [9.17, 15) is 4.79 Å². The van der Waals surface area contributed by atoms with Crippen LogP contribution in [0.15, 0.2) is 0 Å². The van der Waals surface area contributed by atoms with Crippen molar-refractivity contribution < 1.29 is 9.53 Å². The first-order valence-corrected chi connectivity index (χ1v) is 4.81. The Hall–Kier alpha value is -1.08. The average molecular weight is 196 g/mol. The van der Waals surface area contributed by atoms with E-state index in [1.807, 2.05) is 0 Å². The van der Waals surface area contributed by atoms with Gasteiger partial charge >= 0.3 is 11.4 Å². The monoisotopic (exact) mass is 196 g/mol. The number of hydrogen-bond acceptors (Lipinski definition) is 2. The van der Waals surface area contributed by atoms with Crippen LogP contribution in [0.5, 0.6) is 0 Å². The second kappa shape index (κ2) is 4.43. The van der Waals surface area contributed by atoms with E-state index in [1.54, 1.807) is 18.9 Å². The number of methoxy groups -OCH3 is 1. The molecule has 1 saturated heterocycles. The molecule has 0 aliphatic carbocycles. The zero-order valence-electron chi connectivity index (χ0n) is 8.75. The highest BCUT2D eigenvalue weighted by molar-refractivity contribution is 5.88. The van der Waals surface area contributed by atoms with Gasteiger partial charge in [-0.25, -0.2) is 6.57 Å². The van der Waals surface area contributed by atoms with Crippen LogP contribution < -0.4 is 0 Å². The molecular formula is C10H16N2O2. The average Bonchev–Trinajstić information content (AvgIpc) is 2.20. The van der Waals surface area contributed by atoms with Gasteiger partial charge in [0.2, 0.25) is 0 Å². The lowest BCUT2D eigenvalue weighted by atomic mass is 9.91. The summed E-state index contributed by atoms with van der Waals surface area (Å²) in [6, 6.07) is 0. The largest absolute Gasteiger partial charge is 0.383 e. The van der Waals surface area contributed by atoms with Gasteiger partial charge in [0.15, 0.2) is 0 Å². The van der Waals surface area contributed by atoms with Gasteiger partial charge in [-0.2, -0.15) is 0 Å². The second-order valence-electron chi connectivity index (χ2n) is 3.77. The predicted molar refractivity (Wildman–Crippen MR) is 52.7 cm³/mol. The van der Waals surface area contributed by atoms with Gasteiger partial charge in [-0.15, -0.1) is 0 Å². The zero-order chi connectivity index (χ0) is 10.6. The molecule has 0 aromatic rings. The van der Waals surface area contributed by atoms with Crippen molar-refractivity contribution in [3.63, 3.8) is 0 Å². The predicted octanol–water partition coefficient (Wildman–Crippen LogP) is 0.933. The van der Waals surface area contributed by atoms with Gasteiger partial charge < -0.3 is 14.5 Å². The normalized spacial score (nSPS) is 27.5. The summed E-state index contributed by atoms with van der Waals surface area (Å²) < 4.78 is 4.92. The fraction of sp³-hybridized carbons (Fsp3) is 0.800. The van der Waals surface area contributed by atoms with Gasteiger partial charge in [-0.3, -0.25) is 4.79 Å². The third-order valence-corrected chi connectivity index (χ3v) is 2.65. The second-order valence-corrected chi connectivity index (χ2v) is 3.77. The Morgan fingerprint density at radius 3 is 3.00 bits per heavy atom. The molecule has 4 heteroatoms. The van der Waals surface area contributed by atoms with Crippen LogP contribution in [0.2, 0.25) is 0 Å². The number of piperidine rings is 1. The first kappa shape index (κ1) is 11.0. The van der Waals surface area contributed by atoms with Gasteiger partial charge in [-0.1, -0.05) is 0 Å². The highest BCUT2D eigenvalue weighted by atomic mass is 16.5. The van der Waals surface area contributed by atoms with Gasteiger partial charge in [0, 0.05) is 33.5 Å². The van der Waals surface area contributed by atoms with E-state index in [4.69, 9.17) is 11.3 Å². The van der Waals surface area contributed by atoms with Gasteiger partial charge in [0.1, 0.15) is 0 Å². The van der Waals surface area contributed by atoms with Crippen molar-refractivity contribution in [3.05, 3.63) is 11.4 Å². The van der Waals surface area contributed by atoms with Crippen molar-refractivity contribution in [2.45, 2.75) is 25.3 Å². The molecular weight excluding hydrogens is 180 g/mol. The first-order chi connectivity index (χ1) is 6.64. The van der Waals surface area contributed by atoms with Crippen molar-refractivity contribution in [1.29, 1.82) is 0 Å². The lowest BCUT2D eigenvalue weighted by Crippen LogP contribution is -2.50. The smallest absolute Gasteiger partial charge is 0.308 e. The number of carbonyl (C=O) groups excluding carboxylic acids is 1. The van der Waals surface area contributed by atoms with E-state index in [2.05, 4.69) is 4.85 Å². The van der Waals surface area contributed by atoms with Crippen molar-refractivity contribution in [2.75, 3.05) is 26.8 Å². The highest BCUT2D eigenvalue weighted by Crippen LogP contribution is 2.25. The molecule has 0 radical (unpaired) electrons. The Labute approximate surface area is 84.7 Å². The standard InChI is InChI=1S/C10H16N2O2/c1-10(11-2)5-4-6-12(9(10)13)7-8-14-3/h4-8H2,1,3H3/t10-/m0/s1. The van der Waals surface area contributed by atoms with Crippen LogP contribution in [0.3, 0.4) is 0 Å². The molecule has 1 amide bonds. The summed E-state index contributed by atoms with van der Waals surface area (Å²) in [7, 11) is 1.61. The molecule has 0 saturated carbocycles.